The van der Waals surface area contributed by atoms with Crippen LogP contribution >= 0.6 is 0 Å². The normalized spacial score (nSPS) is 18.8. The van der Waals surface area contributed by atoms with Gasteiger partial charge in [0.05, 0.1) is 11.3 Å². The molecular formula is C14H19N3O3. The minimum absolute atomic E-state index is 0.109. The van der Waals surface area contributed by atoms with Gasteiger partial charge >= 0.3 is 12.0 Å². The predicted molar refractivity (Wildman–Crippen MR) is 76.2 cm³/mol. The maximum atomic E-state index is 11.9. The molecule has 1 aliphatic rings. The Hall–Kier alpha value is -2.08. The minimum Gasteiger partial charge on any atom is -0.478 e. The molecule has 1 fully saturated rings. The SMILES string of the molecule is Cc1cccc(NC(=O)NC2CCN(C)C2)c1C(=O)O. The summed E-state index contributed by atoms with van der Waals surface area (Å²) in [7, 11) is 2.00. The molecular weight excluding hydrogens is 258 g/mol. The Bertz CT molecular complexity index is 530. The fourth-order valence-electron chi connectivity index (χ4n) is 2.45. The first-order chi connectivity index (χ1) is 9.47. The van der Waals surface area contributed by atoms with Crippen LogP contribution in [0.4, 0.5) is 10.5 Å². The van der Waals surface area contributed by atoms with E-state index in [1.165, 1.54) is 0 Å². The summed E-state index contributed by atoms with van der Waals surface area (Å²) in [6.45, 7) is 3.47. The van der Waals surface area contributed by atoms with Crippen LogP contribution in [0, 0.1) is 6.92 Å². The fraction of sp³-hybridized carbons (Fsp3) is 0.429. The molecule has 0 saturated carbocycles. The number of aromatic carboxylic acids is 1. The Balaban J connectivity index is 2.04. The van der Waals surface area contributed by atoms with Crippen LogP contribution in [0.25, 0.3) is 0 Å². The van der Waals surface area contributed by atoms with Crippen LogP contribution < -0.4 is 10.6 Å². The second-order valence-corrected chi connectivity index (χ2v) is 5.15. The van der Waals surface area contributed by atoms with E-state index in [2.05, 4.69) is 15.5 Å². The molecule has 0 spiro atoms. The van der Waals surface area contributed by atoms with Crippen LogP contribution in [0.2, 0.25) is 0 Å². The Morgan fingerprint density at radius 2 is 2.15 bits per heavy atom. The summed E-state index contributed by atoms with van der Waals surface area (Å²) >= 11 is 0. The Morgan fingerprint density at radius 1 is 1.40 bits per heavy atom. The summed E-state index contributed by atoms with van der Waals surface area (Å²) in [5.41, 5.74) is 1.07. The number of hydrogen-bond acceptors (Lipinski definition) is 3. The van der Waals surface area contributed by atoms with E-state index in [-0.39, 0.29) is 17.6 Å². The third-order valence-electron chi connectivity index (χ3n) is 3.46. The number of urea groups is 1. The summed E-state index contributed by atoms with van der Waals surface area (Å²) in [6.07, 6.45) is 0.906. The lowest BCUT2D eigenvalue weighted by Gasteiger charge is -2.15. The van der Waals surface area contributed by atoms with Gasteiger partial charge in [-0.1, -0.05) is 12.1 Å². The van der Waals surface area contributed by atoms with Gasteiger partial charge in [-0.3, -0.25) is 0 Å². The molecule has 1 atom stereocenters. The summed E-state index contributed by atoms with van der Waals surface area (Å²) in [5.74, 6) is -1.04. The van der Waals surface area contributed by atoms with E-state index in [0.29, 0.717) is 11.3 Å². The highest BCUT2D eigenvalue weighted by molar-refractivity contribution is 6.01. The van der Waals surface area contributed by atoms with Crippen LogP contribution in [0.15, 0.2) is 18.2 Å². The number of hydrogen-bond donors (Lipinski definition) is 3. The van der Waals surface area contributed by atoms with Crippen LogP contribution in [0.3, 0.4) is 0 Å². The van der Waals surface area contributed by atoms with Crippen LogP contribution in [-0.4, -0.2) is 48.2 Å². The first-order valence-electron chi connectivity index (χ1n) is 6.56. The van der Waals surface area contributed by atoms with Gasteiger partial charge in [-0.25, -0.2) is 9.59 Å². The number of likely N-dealkylation sites (N-methyl/N-ethyl adjacent to an activating group) is 1. The minimum atomic E-state index is -1.04. The molecule has 1 unspecified atom stereocenters. The molecule has 6 nitrogen and oxygen atoms in total. The monoisotopic (exact) mass is 277 g/mol. The summed E-state index contributed by atoms with van der Waals surface area (Å²) in [6, 6.07) is 4.77. The van der Waals surface area contributed by atoms with Crippen molar-refractivity contribution in [2.45, 2.75) is 19.4 Å². The van der Waals surface area contributed by atoms with E-state index in [1.807, 2.05) is 7.05 Å². The molecule has 3 N–H and O–H groups in total. The average Bonchev–Trinajstić information content (AvgIpc) is 2.74. The summed E-state index contributed by atoms with van der Waals surface area (Å²) in [5, 5.41) is 14.7. The Labute approximate surface area is 117 Å². The van der Waals surface area contributed by atoms with Gasteiger partial charge in [0.25, 0.3) is 0 Å². The Kier molecular flexibility index (Phi) is 4.24. The molecule has 0 aliphatic carbocycles. The standard InChI is InChI=1S/C14H19N3O3/c1-9-4-3-5-11(12(9)13(18)19)16-14(20)15-10-6-7-17(2)8-10/h3-5,10H,6-8H2,1-2H3,(H,18,19)(H2,15,16,20). The van der Waals surface area contributed by atoms with Gasteiger partial charge in [-0.05, 0) is 38.6 Å². The zero-order valence-electron chi connectivity index (χ0n) is 11.6. The zero-order valence-corrected chi connectivity index (χ0v) is 11.6. The number of carbonyl (C=O) groups is 2. The average molecular weight is 277 g/mol. The molecule has 0 radical (unpaired) electrons. The number of amides is 2. The highest BCUT2D eigenvalue weighted by Crippen LogP contribution is 2.19. The largest absolute Gasteiger partial charge is 0.478 e. The third-order valence-corrected chi connectivity index (χ3v) is 3.46. The molecule has 0 bridgehead atoms. The van der Waals surface area contributed by atoms with Crippen molar-refractivity contribution in [3.8, 4) is 0 Å². The van der Waals surface area contributed by atoms with Gasteiger partial charge in [0, 0.05) is 12.6 Å². The second kappa shape index (κ2) is 5.92. The van der Waals surface area contributed by atoms with E-state index in [0.717, 1.165) is 19.5 Å². The number of carbonyl (C=O) groups excluding carboxylic acids is 1. The molecule has 6 heteroatoms. The van der Waals surface area contributed by atoms with Crippen molar-refractivity contribution in [2.24, 2.45) is 0 Å². The second-order valence-electron chi connectivity index (χ2n) is 5.15. The number of benzene rings is 1. The van der Waals surface area contributed by atoms with Crippen LogP contribution in [0.1, 0.15) is 22.3 Å². The molecule has 2 rings (SSSR count). The van der Waals surface area contributed by atoms with Gasteiger partial charge in [-0.15, -0.1) is 0 Å². The molecule has 108 valence electrons. The van der Waals surface area contributed by atoms with Gasteiger partial charge < -0.3 is 20.6 Å². The lowest BCUT2D eigenvalue weighted by Crippen LogP contribution is -2.39. The summed E-state index contributed by atoms with van der Waals surface area (Å²) in [4.78, 5) is 25.3. The quantitative estimate of drug-likeness (QED) is 0.782. The van der Waals surface area contributed by atoms with E-state index < -0.39 is 5.97 Å². The van der Waals surface area contributed by atoms with Gasteiger partial charge in [0.2, 0.25) is 0 Å². The summed E-state index contributed by atoms with van der Waals surface area (Å²) < 4.78 is 0. The van der Waals surface area contributed by atoms with E-state index in [9.17, 15) is 14.7 Å². The third kappa shape index (κ3) is 3.27. The molecule has 1 aromatic rings. The first kappa shape index (κ1) is 14.3. The molecule has 0 aromatic heterocycles. The van der Waals surface area contributed by atoms with Gasteiger partial charge in [0.1, 0.15) is 0 Å². The van der Waals surface area contributed by atoms with E-state index >= 15 is 0 Å². The van der Waals surface area contributed by atoms with Crippen molar-refractivity contribution >= 4 is 17.7 Å². The number of likely N-dealkylation sites (tertiary alicyclic amines) is 1. The predicted octanol–water partition coefficient (Wildman–Crippen LogP) is 1.52. The molecule has 2 amide bonds. The first-order valence-corrected chi connectivity index (χ1v) is 6.56. The van der Waals surface area contributed by atoms with Crippen molar-refractivity contribution in [1.82, 2.24) is 10.2 Å². The van der Waals surface area contributed by atoms with Gasteiger partial charge in [0.15, 0.2) is 0 Å². The maximum Gasteiger partial charge on any atom is 0.338 e. The number of carboxylic acid groups (broad SMARTS) is 1. The lowest BCUT2D eigenvalue weighted by atomic mass is 10.1. The van der Waals surface area contributed by atoms with Crippen LogP contribution in [-0.2, 0) is 0 Å². The molecule has 20 heavy (non-hydrogen) atoms. The topological polar surface area (TPSA) is 81.7 Å². The molecule has 1 heterocycles. The van der Waals surface area contributed by atoms with Crippen molar-refractivity contribution in [1.29, 1.82) is 0 Å². The molecule has 1 saturated heterocycles. The number of nitrogens with zero attached hydrogens (tertiary/aromatic N) is 1. The fourth-order valence-corrected chi connectivity index (χ4v) is 2.45. The number of carboxylic acids is 1. The van der Waals surface area contributed by atoms with Crippen molar-refractivity contribution in [3.63, 3.8) is 0 Å². The Morgan fingerprint density at radius 3 is 2.75 bits per heavy atom. The van der Waals surface area contributed by atoms with Crippen molar-refractivity contribution in [3.05, 3.63) is 29.3 Å². The van der Waals surface area contributed by atoms with E-state index in [4.69, 9.17) is 0 Å². The smallest absolute Gasteiger partial charge is 0.338 e. The highest BCUT2D eigenvalue weighted by Gasteiger charge is 2.22. The lowest BCUT2D eigenvalue weighted by molar-refractivity contribution is 0.0697. The highest BCUT2D eigenvalue weighted by atomic mass is 16.4. The van der Waals surface area contributed by atoms with Crippen molar-refractivity contribution < 1.29 is 14.7 Å². The van der Waals surface area contributed by atoms with Gasteiger partial charge in [-0.2, -0.15) is 0 Å². The zero-order chi connectivity index (χ0) is 14.7. The molecule has 1 aromatic carbocycles. The van der Waals surface area contributed by atoms with Crippen molar-refractivity contribution in [2.75, 3.05) is 25.5 Å². The molecule has 1 aliphatic heterocycles. The van der Waals surface area contributed by atoms with E-state index in [1.54, 1.807) is 25.1 Å². The number of aryl methyl sites for hydroxylation is 1. The number of nitrogens with one attached hydrogen (secondary N) is 2. The number of rotatable bonds is 3. The number of anilines is 1. The van der Waals surface area contributed by atoms with Crippen LogP contribution in [0.5, 0.6) is 0 Å². The maximum absolute atomic E-state index is 11.9.